The zero-order valence-electron chi connectivity index (χ0n) is 18.0. The lowest BCUT2D eigenvalue weighted by atomic mass is 10.1. The van der Waals surface area contributed by atoms with Crippen LogP contribution in [0.1, 0.15) is 16.7 Å². The number of aryl methyl sites for hydroxylation is 1. The Labute approximate surface area is 195 Å². The fourth-order valence-corrected chi connectivity index (χ4v) is 4.17. The Balaban J connectivity index is 1.41. The highest BCUT2D eigenvalue weighted by atomic mass is 32.2. The molecule has 0 unspecified atom stereocenters. The van der Waals surface area contributed by atoms with E-state index in [4.69, 9.17) is 9.47 Å². The van der Waals surface area contributed by atoms with E-state index in [0.29, 0.717) is 23.0 Å². The smallest absolute Gasteiger partial charge is 0.293 e. The van der Waals surface area contributed by atoms with E-state index in [2.05, 4.69) is 6.07 Å². The standard InChI is InChI=1S/C26H22FNO4S/c1-18-5-4-6-19(15-18)17-32-23-8-3-2-7-20(23)16-24-25(29)28(26(30)33-24)13-14-31-22-11-9-21(27)10-12-22/h2-12,15-16H,13-14,17H2,1H3/b24-16-. The quantitative estimate of drug-likeness (QED) is 0.394. The van der Waals surface area contributed by atoms with Gasteiger partial charge >= 0.3 is 0 Å². The normalized spacial score (nSPS) is 14.7. The number of hydrogen-bond donors (Lipinski definition) is 0. The predicted octanol–water partition coefficient (Wildman–Crippen LogP) is 5.83. The van der Waals surface area contributed by atoms with Gasteiger partial charge in [-0.3, -0.25) is 14.5 Å². The number of ether oxygens (including phenoxy) is 2. The molecule has 1 aliphatic heterocycles. The Hall–Kier alpha value is -3.58. The molecule has 1 aliphatic rings. The summed E-state index contributed by atoms with van der Waals surface area (Å²) in [6.07, 6.45) is 1.68. The van der Waals surface area contributed by atoms with Gasteiger partial charge in [0.25, 0.3) is 11.1 Å². The van der Waals surface area contributed by atoms with Gasteiger partial charge in [0, 0.05) is 5.56 Å². The van der Waals surface area contributed by atoms with Crippen LogP contribution in [-0.4, -0.2) is 29.2 Å². The molecule has 0 saturated carbocycles. The van der Waals surface area contributed by atoms with Crippen molar-refractivity contribution >= 4 is 29.0 Å². The van der Waals surface area contributed by atoms with Crippen LogP contribution >= 0.6 is 11.8 Å². The van der Waals surface area contributed by atoms with Gasteiger partial charge < -0.3 is 9.47 Å². The maximum absolute atomic E-state index is 13.0. The van der Waals surface area contributed by atoms with E-state index in [9.17, 15) is 14.0 Å². The molecule has 33 heavy (non-hydrogen) atoms. The second kappa shape index (κ2) is 10.4. The minimum absolute atomic E-state index is 0.102. The first-order valence-electron chi connectivity index (χ1n) is 10.4. The van der Waals surface area contributed by atoms with Crippen molar-refractivity contribution in [2.45, 2.75) is 13.5 Å². The third-order valence-corrected chi connectivity index (χ3v) is 5.86. The van der Waals surface area contributed by atoms with Crippen molar-refractivity contribution in [2.24, 2.45) is 0 Å². The Morgan fingerprint density at radius 2 is 1.76 bits per heavy atom. The number of halogens is 1. The Bertz CT molecular complexity index is 1190. The topological polar surface area (TPSA) is 55.8 Å². The summed E-state index contributed by atoms with van der Waals surface area (Å²) in [5, 5.41) is -0.355. The molecule has 4 rings (SSSR count). The third-order valence-electron chi connectivity index (χ3n) is 4.95. The molecule has 0 N–H and O–H groups in total. The van der Waals surface area contributed by atoms with Gasteiger partial charge in [0.15, 0.2) is 0 Å². The van der Waals surface area contributed by atoms with E-state index >= 15 is 0 Å². The van der Waals surface area contributed by atoms with Crippen molar-refractivity contribution in [1.29, 1.82) is 0 Å². The lowest BCUT2D eigenvalue weighted by Gasteiger charge is -2.13. The molecular formula is C26H22FNO4S. The summed E-state index contributed by atoms with van der Waals surface area (Å²) in [6.45, 7) is 2.64. The Kier molecular flexibility index (Phi) is 7.10. The lowest BCUT2D eigenvalue weighted by molar-refractivity contribution is -0.123. The second-order valence-corrected chi connectivity index (χ2v) is 8.44. The summed E-state index contributed by atoms with van der Waals surface area (Å²) in [5.74, 6) is 0.367. The highest BCUT2D eigenvalue weighted by molar-refractivity contribution is 8.18. The van der Waals surface area contributed by atoms with Gasteiger partial charge in [-0.2, -0.15) is 0 Å². The van der Waals surface area contributed by atoms with E-state index in [1.807, 2.05) is 49.4 Å². The molecule has 0 radical (unpaired) electrons. The summed E-state index contributed by atoms with van der Waals surface area (Å²) in [6, 6.07) is 21.0. The van der Waals surface area contributed by atoms with Crippen LogP contribution in [0.5, 0.6) is 11.5 Å². The van der Waals surface area contributed by atoms with Crippen LogP contribution in [0.15, 0.2) is 77.7 Å². The van der Waals surface area contributed by atoms with Crippen molar-refractivity contribution < 1.29 is 23.5 Å². The number of carbonyl (C=O) groups excluding carboxylic acids is 2. The van der Waals surface area contributed by atoms with Crippen LogP contribution in [0, 0.1) is 12.7 Å². The number of rotatable bonds is 8. The Morgan fingerprint density at radius 3 is 2.55 bits per heavy atom. The van der Waals surface area contributed by atoms with Gasteiger partial charge in [0.2, 0.25) is 0 Å². The highest BCUT2D eigenvalue weighted by Crippen LogP contribution is 2.34. The minimum Gasteiger partial charge on any atom is -0.492 e. The summed E-state index contributed by atoms with van der Waals surface area (Å²) in [4.78, 5) is 26.7. The summed E-state index contributed by atoms with van der Waals surface area (Å²) in [7, 11) is 0. The number of carbonyl (C=O) groups is 2. The molecule has 0 bridgehead atoms. The van der Waals surface area contributed by atoms with Crippen LogP contribution < -0.4 is 9.47 Å². The molecule has 5 nitrogen and oxygen atoms in total. The van der Waals surface area contributed by atoms with Crippen molar-refractivity contribution in [2.75, 3.05) is 13.2 Å². The van der Waals surface area contributed by atoms with Crippen LogP contribution in [0.25, 0.3) is 6.08 Å². The molecule has 0 aliphatic carbocycles. The third kappa shape index (κ3) is 5.81. The first kappa shape index (κ1) is 22.6. The molecule has 1 saturated heterocycles. The monoisotopic (exact) mass is 463 g/mol. The largest absolute Gasteiger partial charge is 0.492 e. The summed E-state index contributed by atoms with van der Waals surface area (Å²) >= 11 is 0.888. The van der Waals surface area contributed by atoms with Crippen molar-refractivity contribution in [3.05, 3.63) is 100 Å². The second-order valence-electron chi connectivity index (χ2n) is 7.45. The van der Waals surface area contributed by atoms with Crippen molar-refractivity contribution in [1.82, 2.24) is 4.90 Å². The average Bonchev–Trinajstić information content (AvgIpc) is 3.07. The molecule has 3 aromatic rings. The molecule has 0 spiro atoms. The maximum Gasteiger partial charge on any atom is 0.293 e. The molecule has 1 fully saturated rings. The van der Waals surface area contributed by atoms with Crippen molar-refractivity contribution in [3.63, 3.8) is 0 Å². The van der Waals surface area contributed by atoms with E-state index in [1.165, 1.54) is 24.3 Å². The Morgan fingerprint density at radius 1 is 0.970 bits per heavy atom. The zero-order valence-corrected chi connectivity index (χ0v) is 18.8. The van der Waals surface area contributed by atoms with Gasteiger partial charge in [-0.15, -0.1) is 0 Å². The zero-order chi connectivity index (χ0) is 23.2. The lowest BCUT2D eigenvalue weighted by Crippen LogP contribution is -2.32. The van der Waals surface area contributed by atoms with Crippen LogP contribution in [0.2, 0.25) is 0 Å². The maximum atomic E-state index is 13.0. The van der Waals surface area contributed by atoms with Crippen LogP contribution in [0.3, 0.4) is 0 Å². The predicted molar refractivity (Wildman–Crippen MR) is 127 cm³/mol. The average molecular weight is 464 g/mol. The SMILES string of the molecule is Cc1cccc(COc2ccccc2/C=C2\SC(=O)N(CCOc3ccc(F)cc3)C2=O)c1. The number of amides is 2. The van der Waals surface area contributed by atoms with Gasteiger partial charge in [0.05, 0.1) is 11.4 Å². The number of benzene rings is 3. The number of thioether (sulfide) groups is 1. The number of nitrogens with zero attached hydrogens (tertiary/aromatic N) is 1. The molecule has 168 valence electrons. The minimum atomic E-state index is -0.374. The number of imide groups is 1. The van der Waals surface area contributed by atoms with Crippen molar-refractivity contribution in [3.8, 4) is 11.5 Å². The summed E-state index contributed by atoms with van der Waals surface area (Å²) in [5.41, 5.74) is 2.92. The molecule has 7 heteroatoms. The number of para-hydroxylation sites is 1. The fourth-order valence-electron chi connectivity index (χ4n) is 3.31. The molecule has 0 aromatic heterocycles. The van der Waals surface area contributed by atoms with Crippen LogP contribution in [0.4, 0.5) is 9.18 Å². The molecule has 0 atom stereocenters. The first-order chi connectivity index (χ1) is 16.0. The van der Waals surface area contributed by atoms with Gasteiger partial charge in [0.1, 0.15) is 30.5 Å². The molecular weight excluding hydrogens is 441 g/mol. The fraction of sp³-hybridized carbons (Fsp3) is 0.154. The van der Waals surface area contributed by atoms with Gasteiger partial charge in [-0.1, -0.05) is 48.0 Å². The molecule has 3 aromatic carbocycles. The van der Waals surface area contributed by atoms with E-state index < -0.39 is 0 Å². The molecule has 1 heterocycles. The number of hydrogen-bond acceptors (Lipinski definition) is 5. The van der Waals surface area contributed by atoms with Crippen LogP contribution in [-0.2, 0) is 11.4 Å². The molecule has 2 amide bonds. The van der Waals surface area contributed by atoms with Gasteiger partial charge in [-0.05, 0) is 60.7 Å². The highest BCUT2D eigenvalue weighted by Gasteiger charge is 2.35. The van der Waals surface area contributed by atoms with Gasteiger partial charge in [-0.25, -0.2) is 4.39 Å². The van der Waals surface area contributed by atoms with E-state index in [-0.39, 0.29) is 30.1 Å². The summed E-state index contributed by atoms with van der Waals surface area (Å²) < 4.78 is 24.5. The first-order valence-corrected chi connectivity index (χ1v) is 11.2. The van der Waals surface area contributed by atoms with E-state index in [1.54, 1.807) is 6.08 Å². The van der Waals surface area contributed by atoms with E-state index in [0.717, 1.165) is 33.4 Å².